The van der Waals surface area contributed by atoms with Crippen molar-refractivity contribution < 1.29 is 17.5 Å². The zero-order chi connectivity index (χ0) is 24.8. The lowest BCUT2D eigenvalue weighted by molar-refractivity contribution is 0.234. The van der Waals surface area contributed by atoms with Crippen molar-refractivity contribution in [1.82, 2.24) is 14.9 Å². The summed E-state index contributed by atoms with van der Waals surface area (Å²) < 4.78 is 48.5. The summed E-state index contributed by atoms with van der Waals surface area (Å²) in [5.74, 6) is -0.204. The van der Waals surface area contributed by atoms with Gasteiger partial charge in [0.1, 0.15) is 16.5 Å². The number of benzene rings is 3. The highest BCUT2D eigenvalue weighted by molar-refractivity contribution is 7.89. The van der Waals surface area contributed by atoms with E-state index >= 15 is 4.39 Å². The molecule has 2 N–H and O–H groups in total. The Hall–Kier alpha value is -2.78. The molecule has 0 unspecified atom stereocenters. The van der Waals surface area contributed by atoms with E-state index in [1.807, 2.05) is 48.5 Å². The van der Waals surface area contributed by atoms with Crippen LogP contribution in [0.25, 0.3) is 11.1 Å². The van der Waals surface area contributed by atoms with Gasteiger partial charge in [-0.2, -0.15) is 0 Å². The molecule has 0 aliphatic carbocycles. The van der Waals surface area contributed by atoms with Gasteiger partial charge in [-0.25, -0.2) is 17.5 Å². The maximum Gasteiger partial charge on any atom is 0.243 e. The molecule has 0 aromatic heterocycles. The summed E-state index contributed by atoms with van der Waals surface area (Å²) in [5, 5.41) is 3.61. The van der Waals surface area contributed by atoms with Gasteiger partial charge in [-0.1, -0.05) is 42.5 Å². The molecular formula is C27H32FN3O3S. The van der Waals surface area contributed by atoms with Gasteiger partial charge in [0, 0.05) is 24.7 Å². The summed E-state index contributed by atoms with van der Waals surface area (Å²) in [6.45, 7) is 2.95. The van der Waals surface area contributed by atoms with E-state index in [1.54, 1.807) is 13.2 Å². The molecule has 8 heteroatoms. The summed E-state index contributed by atoms with van der Waals surface area (Å²) in [7, 11) is -0.299. The first-order valence-corrected chi connectivity index (χ1v) is 13.3. The fourth-order valence-corrected chi connectivity index (χ4v) is 5.38. The van der Waals surface area contributed by atoms with Crippen LogP contribution in [0, 0.1) is 5.82 Å². The maximum absolute atomic E-state index is 15.0. The third kappa shape index (κ3) is 6.46. The lowest BCUT2D eigenvalue weighted by Gasteiger charge is -2.29. The second-order valence-corrected chi connectivity index (χ2v) is 10.7. The highest BCUT2D eigenvalue weighted by Gasteiger charge is 2.21. The van der Waals surface area contributed by atoms with Gasteiger partial charge in [-0.15, -0.1) is 0 Å². The summed E-state index contributed by atoms with van der Waals surface area (Å²) >= 11 is 0. The number of rotatable bonds is 9. The second-order valence-electron chi connectivity index (χ2n) is 8.95. The predicted octanol–water partition coefficient (Wildman–Crippen LogP) is 4.16. The lowest BCUT2D eigenvalue weighted by atomic mass is 10.0. The third-order valence-electron chi connectivity index (χ3n) is 6.42. The van der Waals surface area contributed by atoms with E-state index in [4.69, 9.17) is 4.74 Å². The number of nitrogens with one attached hydrogen (secondary N) is 2. The van der Waals surface area contributed by atoms with E-state index in [0.29, 0.717) is 23.9 Å². The molecule has 0 atom stereocenters. The van der Waals surface area contributed by atoms with Gasteiger partial charge < -0.3 is 15.0 Å². The van der Waals surface area contributed by atoms with Crippen molar-refractivity contribution in [2.24, 2.45) is 0 Å². The molecule has 1 fully saturated rings. The van der Waals surface area contributed by atoms with Crippen molar-refractivity contribution in [2.45, 2.75) is 36.9 Å². The first kappa shape index (κ1) is 25.3. The summed E-state index contributed by atoms with van der Waals surface area (Å²) in [5.41, 5.74) is 3.13. The molecule has 0 spiro atoms. The van der Waals surface area contributed by atoms with E-state index in [1.165, 1.54) is 12.1 Å². The highest BCUT2D eigenvalue weighted by atomic mass is 32.2. The minimum absolute atomic E-state index is 0.0878. The monoisotopic (exact) mass is 497 g/mol. The van der Waals surface area contributed by atoms with Crippen LogP contribution in [-0.4, -0.2) is 46.6 Å². The number of ether oxygens (including phenoxy) is 1. The van der Waals surface area contributed by atoms with E-state index < -0.39 is 15.8 Å². The quantitative estimate of drug-likeness (QED) is 0.465. The Bertz CT molecular complexity index is 1240. The van der Waals surface area contributed by atoms with Gasteiger partial charge in [0.2, 0.25) is 10.0 Å². The molecule has 186 valence electrons. The van der Waals surface area contributed by atoms with Crippen LogP contribution >= 0.6 is 0 Å². The van der Waals surface area contributed by atoms with Gasteiger partial charge in [0.25, 0.3) is 0 Å². The van der Waals surface area contributed by atoms with E-state index in [-0.39, 0.29) is 11.4 Å². The van der Waals surface area contributed by atoms with Crippen LogP contribution in [0.15, 0.2) is 71.6 Å². The Balaban J connectivity index is 1.50. The molecule has 0 bridgehead atoms. The number of likely N-dealkylation sites (tertiary alicyclic amines) is 1. The number of methoxy groups -OCH3 is 1. The predicted molar refractivity (Wildman–Crippen MR) is 136 cm³/mol. The number of sulfonamides is 1. The van der Waals surface area contributed by atoms with Crippen LogP contribution in [-0.2, 0) is 23.1 Å². The minimum Gasteiger partial charge on any atom is -0.496 e. The third-order valence-corrected chi connectivity index (χ3v) is 7.85. The zero-order valence-corrected chi connectivity index (χ0v) is 20.9. The Morgan fingerprint density at radius 3 is 2.40 bits per heavy atom. The van der Waals surface area contributed by atoms with Crippen LogP contribution < -0.4 is 14.8 Å². The summed E-state index contributed by atoms with van der Waals surface area (Å²) in [6.07, 6.45) is 2.22. The molecule has 35 heavy (non-hydrogen) atoms. The first-order chi connectivity index (χ1) is 16.9. The Labute approximate surface area is 207 Å². The van der Waals surface area contributed by atoms with Crippen molar-refractivity contribution in [1.29, 1.82) is 0 Å². The van der Waals surface area contributed by atoms with Crippen molar-refractivity contribution in [3.63, 3.8) is 0 Å². The van der Waals surface area contributed by atoms with Gasteiger partial charge in [-0.3, -0.25) is 0 Å². The second kappa shape index (κ2) is 11.3. The molecule has 1 heterocycles. The van der Waals surface area contributed by atoms with Gasteiger partial charge in [0.15, 0.2) is 0 Å². The van der Waals surface area contributed by atoms with Crippen LogP contribution in [0.5, 0.6) is 5.75 Å². The highest BCUT2D eigenvalue weighted by Crippen LogP contribution is 2.33. The number of halogens is 1. The SMILES string of the molecule is COc1ccc(CNC2CCN(C)CC2)cc1-c1ccc(S(=O)(=O)NCc2ccccc2)c(F)c1. The minimum atomic E-state index is -4.01. The van der Waals surface area contributed by atoms with Crippen molar-refractivity contribution in [3.05, 3.63) is 83.7 Å². The van der Waals surface area contributed by atoms with Crippen LogP contribution in [0.4, 0.5) is 4.39 Å². The Morgan fingerprint density at radius 2 is 1.71 bits per heavy atom. The molecule has 4 rings (SSSR count). The smallest absolute Gasteiger partial charge is 0.243 e. The lowest BCUT2D eigenvalue weighted by Crippen LogP contribution is -2.40. The molecular weight excluding hydrogens is 465 g/mol. The molecule has 0 saturated carbocycles. The maximum atomic E-state index is 15.0. The Morgan fingerprint density at radius 1 is 0.971 bits per heavy atom. The van der Waals surface area contributed by atoms with Crippen LogP contribution in [0.2, 0.25) is 0 Å². The number of hydrogen-bond donors (Lipinski definition) is 2. The van der Waals surface area contributed by atoms with Crippen molar-refractivity contribution in [2.75, 3.05) is 27.2 Å². The molecule has 3 aromatic rings. The van der Waals surface area contributed by atoms with E-state index in [9.17, 15) is 8.42 Å². The van der Waals surface area contributed by atoms with Crippen molar-refractivity contribution in [3.8, 4) is 16.9 Å². The van der Waals surface area contributed by atoms with E-state index in [0.717, 1.165) is 42.6 Å². The summed E-state index contributed by atoms with van der Waals surface area (Å²) in [4.78, 5) is 1.95. The molecule has 3 aromatic carbocycles. The molecule has 1 aliphatic rings. The zero-order valence-electron chi connectivity index (χ0n) is 20.1. The molecule has 1 aliphatic heterocycles. The van der Waals surface area contributed by atoms with Gasteiger partial charge in [0.05, 0.1) is 7.11 Å². The fraction of sp³-hybridized carbons (Fsp3) is 0.333. The Kier molecular flexibility index (Phi) is 8.18. The molecule has 6 nitrogen and oxygen atoms in total. The number of nitrogens with zero attached hydrogens (tertiary/aromatic N) is 1. The summed E-state index contributed by atoms with van der Waals surface area (Å²) in [6, 6.07) is 19.6. The molecule has 0 amide bonds. The van der Waals surface area contributed by atoms with Crippen LogP contribution in [0.1, 0.15) is 24.0 Å². The van der Waals surface area contributed by atoms with Gasteiger partial charge >= 0.3 is 0 Å². The van der Waals surface area contributed by atoms with Crippen molar-refractivity contribution >= 4 is 10.0 Å². The normalized spacial score (nSPS) is 15.3. The standard InChI is InChI=1S/C27H32FN3O3S/c1-31-14-12-23(13-15-31)29-18-21-8-10-26(34-2)24(16-21)22-9-11-27(25(28)17-22)35(32,33)30-19-20-6-4-3-5-7-20/h3-11,16-17,23,29-30H,12-15,18-19H2,1-2H3. The number of piperidine rings is 1. The molecule has 1 saturated heterocycles. The van der Waals surface area contributed by atoms with Crippen LogP contribution in [0.3, 0.4) is 0 Å². The topological polar surface area (TPSA) is 70.7 Å². The van der Waals surface area contributed by atoms with E-state index in [2.05, 4.69) is 22.0 Å². The number of hydrogen-bond acceptors (Lipinski definition) is 5. The molecule has 0 radical (unpaired) electrons. The largest absolute Gasteiger partial charge is 0.496 e. The average Bonchev–Trinajstić information content (AvgIpc) is 2.87. The fourth-order valence-electron chi connectivity index (χ4n) is 4.30. The first-order valence-electron chi connectivity index (χ1n) is 11.8. The average molecular weight is 498 g/mol. The van der Waals surface area contributed by atoms with Gasteiger partial charge in [-0.05, 0) is 73.9 Å².